The molecule has 3 aromatic heterocycles. The van der Waals surface area contributed by atoms with Gasteiger partial charge in [0.15, 0.2) is 0 Å². The maximum absolute atomic E-state index is 2.45. The molecule has 0 aliphatic heterocycles. The first-order valence-corrected chi connectivity index (χ1v) is 19.6. The molecule has 0 fully saturated rings. The number of benzene rings is 9. The molecule has 0 atom stereocenters. The summed E-state index contributed by atoms with van der Waals surface area (Å²) in [5.41, 5.74) is 15.5. The molecule has 57 heavy (non-hydrogen) atoms. The summed E-state index contributed by atoms with van der Waals surface area (Å²) in [4.78, 5) is 0. The van der Waals surface area contributed by atoms with E-state index in [1.807, 2.05) is 0 Å². The number of hydrogen-bond donors (Lipinski definition) is 0. The van der Waals surface area contributed by atoms with E-state index >= 15 is 0 Å². The van der Waals surface area contributed by atoms with Crippen molar-refractivity contribution < 1.29 is 0 Å². The van der Waals surface area contributed by atoms with Gasteiger partial charge in [-0.1, -0.05) is 140 Å². The van der Waals surface area contributed by atoms with Crippen LogP contribution in [0.25, 0.3) is 105 Å². The average Bonchev–Trinajstić information content (AvgIpc) is 3.92. The third kappa shape index (κ3) is 4.79. The van der Waals surface area contributed by atoms with Gasteiger partial charge in [0, 0.05) is 49.3 Å². The topological polar surface area (TPSA) is 14.8 Å². The highest BCUT2D eigenvalue weighted by Crippen LogP contribution is 2.41. The van der Waals surface area contributed by atoms with Gasteiger partial charge in [-0.3, -0.25) is 0 Å². The van der Waals surface area contributed by atoms with Gasteiger partial charge in [0.1, 0.15) is 0 Å². The van der Waals surface area contributed by atoms with Gasteiger partial charge in [-0.25, -0.2) is 0 Å². The largest absolute Gasteiger partial charge is 0.309 e. The Hall–Kier alpha value is -7.62. The van der Waals surface area contributed by atoms with E-state index in [1.54, 1.807) is 0 Å². The number of hydrogen-bond acceptors (Lipinski definition) is 0. The SMILES string of the molecule is c1ccc(-c2ccccc2-n2c3ccccc3c3ccc(-n4c5ccccc5c5cc(-c6ccc7c(c6)c6ccccc6n7-c6ccccc6)ccc54)cc32)cc1. The second-order valence-electron chi connectivity index (χ2n) is 14.9. The number of nitrogens with zero attached hydrogens (tertiary/aromatic N) is 3. The molecule has 0 aliphatic rings. The lowest BCUT2D eigenvalue weighted by Crippen LogP contribution is -1.98. The molecule has 3 heteroatoms. The molecule has 0 saturated heterocycles. The van der Waals surface area contributed by atoms with Crippen LogP contribution in [0.2, 0.25) is 0 Å². The fourth-order valence-electron chi connectivity index (χ4n) is 9.33. The average molecular weight is 726 g/mol. The minimum atomic E-state index is 1.14. The van der Waals surface area contributed by atoms with Crippen molar-refractivity contribution in [2.24, 2.45) is 0 Å². The van der Waals surface area contributed by atoms with E-state index in [1.165, 1.54) is 99.0 Å². The van der Waals surface area contributed by atoms with Crippen LogP contribution in [-0.4, -0.2) is 13.7 Å². The van der Waals surface area contributed by atoms with Crippen molar-refractivity contribution >= 4 is 65.4 Å². The van der Waals surface area contributed by atoms with Crippen LogP contribution in [0.3, 0.4) is 0 Å². The second-order valence-corrected chi connectivity index (χ2v) is 14.9. The molecule has 0 spiro atoms. The van der Waals surface area contributed by atoms with E-state index in [0.29, 0.717) is 0 Å². The van der Waals surface area contributed by atoms with E-state index in [9.17, 15) is 0 Å². The highest BCUT2D eigenvalue weighted by Gasteiger charge is 2.19. The summed E-state index contributed by atoms with van der Waals surface area (Å²) < 4.78 is 7.27. The van der Waals surface area contributed by atoms with Crippen LogP contribution in [0.4, 0.5) is 0 Å². The molecule has 9 aromatic carbocycles. The normalized spacial score (nSPS) is 11.9. The molecule has 0 radical (unpaired) electrons. The van der Waals surface area contributed by atoms with Gasteiger partial charge in [0.25, 0.3) is 0 Å². The van der Waals surface area contributed by atoms with E-state index in [0.717, 1.165) is 5.69 Å². The van der Waals surface area contributed by atoms with Crippen LogP contribution in [-0.2, 0) is 0 Å². The molecule has 3 nitrogen and oxygen atoms in total. The first kappa shape index (κ1) is 31.7. The number of para-hydroxylation sites is 5. The van der Waals surface area contributed by atoms with E-state index < -0.39 is 0 Å². The Labute approximate surface area is 329 Å². The van der Waals surface area contributed by atoms with Gasteiger partial charge in [-0.2, -0.15) is 0 Å². The van der Waals surface area contributed by atoms with Crippen molar-refractivity contribution in [3.63, 3.8) is 0 Å². The highest BCUT2D eigenvalue weighted by atomic mass is 15.0. The predicted molar refractivity (Wildman–Crippen MR) is 240 cm³/mol. The fraction of sp³-hybridized carbons (Fsp3) is 0. The summed E-state index contributed by atoms with van der Waals surface area (Å²) >= 11 is 0. The van der Waals surface area contributed by atoms with E-state index in [-0.39, 0.29) is 0 Å². The Morgan fingerprint density at radius 3 is 1.32 bits per heavy atom. The predicted octanol–water partition coefficient (Wildman–Crippen LogP) is 14.3. The maximum atomic E-state index is 2.45. The first-order valence-electron chi connectivity index (χ1n) is 19.6. The minimum absolute atomic E-state index is 1.14. The van der Waals surface area contributed by atoms with Crippen molar-refractivity contribution in [3.05, 3.63) is 212 Å². The zero-order chi connectivity index (χ0) is 37.5. The molecule has 0 bridgehead atoms. The molecule has 0 N–H and O–H groups in total. The van der Waals surface area contributed by atoms with Gasteiger partial charge >= 0.3 is 0 Å². The molecule has 0 saturated carbocycles. The van der Waals surface area contributed by atoms with Crippen LogP contribution in [0, 0.1) is 0 Å². The summed E-state index contributed by atoms with van der Waals surface area (Å²) in [6, 6.07) is 77.4. The van der Waals surface area contributed by atoms with Crippen molar-refractivity contribution in [2.45, 2.75) is 0 Å². The Morgan fingerprint density at radius 2 is 0.684 bits per heavy atom. The van der Waals surface area contributed by atoms with Gasteiger partial charge in [-0.15, -0.1) is 0 Å². The standard InChI is InChI=1S/C54H35N3/c1-3-15-36(16-4-1)41-19-7-11-23-48(41)57-51-26-14-8-20-42(51)45-30-29-40(35-54(45)57)56-50-25-13-10-22-44(50)47-34-38(28-32-53(47)56)37-27-31-52-46(33-37)43-21-9-12-24-49(43)55(52)39-17-5-2-6-18-39/h1-35H. The monoisotopic (exact) mass is 725 g/mol. The number of fused-ring (bicyclic) bond motifs is 9. The van der Waals surface area contributed by atoms with E-state index in [2.05, 4.69) is 226 Å². The molecular formula is C54H35N3. The quantitative estimate of drug-likeness (QED) is 0.168. The minimum Gasteiger partial charge on any atom is -0.309 e. The Kier molecular flexibility index (Phi) is 6.93. The zero-order valence-electron chi connectivity index (χ0n) is 31.0. The lowest BCUT2D eigenvalue weighted by molar-refractivity contribution is 1.16. The smallest absolute Gasteiger partial charge is 0.0562 e. The summed E-state index contributed by atoms with van der Waals surface area (Å²) in [6.07, 6.45) is 0. The lowest BCUT2D eigenvalue weighted by atomic mass is 10.0. The van der Waals surface area contributed by atoms with Crippen molar-refractivity contribution in [1.82, 2.24) is 13.7 Å². The van der Waals surface area contributed by atoms with Crippen LogP contribution >= 0.6 is 0 Å². The van der Waals surface area contributed by atoms with Gasteiger partial charge in [0.2, 0.25) is 0 Å². The molecule has 0 aliphatic carbocycles. The Balaban J connectivity index is 1.05. The van der Waals surface area contributed by atoms with E-state index in [4.69, 9.17) is 0 Å². The highest BCUT2D eigenvalue weighted by molar-refractivity contribution is 6.14. The molecule has 0 amide bonds. The molecule has 3 heterocycles. The summed E-state index contributed by atoms with van der Waals surface area (Å²) in [7, 11) is 0. The van der Waals surface area contributed by atoms with Gasteiger partial charge in [0.05, 0.1) is 38.8 Å². The summed E-state index contributed by atoms with van der Waals surface area (Å²) in [5.74, 6) is 0. The third-order valence-electron chi connectivity index (χ3n) is 11.8. The zero-order valence-corrected chi connectivity index (χ0v) is 31.0. The Bertz CT molecular complexity index is 3510. The van der Waals surface area contributed by atoms with Gasteiger partial charge in [-0.05, 0) is 89.5 Å². The maximum Gasteiger partial charge on any atom is 0.0562 e. The van der Waals surface area contributed by atoms with Crippen LogP contribution in [0.15, 0.2) is 212 Å². The molecular weight excluding hydrogens is 691 g/mol. The number of aromatic nitrogens is 3. The van der Waals surface area contributed by atoms with Crippen molar-refractivity contribution in [1.29, 1.82) is 0 Å². The third-order valence-corrected chi connectivity index (χ3v) is 11.8. The second kappa shape index (κ2) is 12.5. The van der Waals surface area contributed by atoms with Crippen molar-refractivity contribution in [2.75, 3.05) is 0 Å². The molecule has 266 valence electrons. The molecule has 12 aromatic rings. The molecule has 12 rings (SSSR count). The van der Waals surface area contributed by atoms with Crippen LogP contribution < -0.4 is 0 Å². The van der Waals surface area contributed by atoms with Gasteiger partial charge < -0.3 is 13.7 Å². The summed E-state index contributed by atoms with van der Waals surface area (Å²) in [5, 5.41) is 7.49. The van der Waals surface area contributed by atoms with Crippen molar-refractivity contribution in [3.8, 4) is 39.3 Å². The molecule has 0 unspecified atom stereocenters. The lowest BCUT2D eigenvalue weighted by Gasteiger charge is -2.15. The fourth-order valence-corrected chi connectivity index (χ4v) is 9.33. The number of rotatable bonds is 5. The first-order chi connectivity index (χ1) is 28.3. The Morgan fingerprint density at radius 1 is 0.228 bits per heavy atom. The van der Waals surface area contributed by atoms with Crippen LogP contribution in [0.1, 0.15) is 0 Å². The van der Waals surface area contributed by atoms with Crippen LogP contribution in [0.5, 0.6) is 0 Å². The summed E-state index contributed by atoms with van der Waals surface area (Å²) in [6.45, 7) is 0.